The highest BCUT2D eigenvalue weighted by molar-refractivity contribution is 5.69. The molecular weight excluding hydrogens is 368 g/mol. The molecule has 1 fully saturated rings. The van der Waals surface area contributed by atoms with Crippen molar-refractivity contribution in [2.75, 3.05) is 39.6 Å². The molecule has 0 amide bonds. The van der Waals surface area contributed by atoms with Crippen LogP contribution in [0.4, 0.5) is 0 Å². The fourth-order valence-corrected chi connectivity index (χ4v) is 3.63. The molecule has 1 saturated carbocycles. The zero-order valence-electron chi connectivity index (χ0n) is 19.0. The molecule has 0 spiro atoms. The normalized spacial score (nSPS) is 14.9. The van der Waals surface area contributed by atoms with Gasteiger partial charge in [0, 0.05) is 19.6 Å². The van der Waals surface area contributed by atoms with Gasteiger partial charge >= 0.3 is 5.97 Å². The number of carbonyl (C=O) groups is 1. The minimum absolute atomic E-state index is 0.0783. The number of unbranched alkanes of at least 4 members (excludes halogenated alkanes) is 7. The topological polar surface area (TPSA) is 54.0 Å². The van der Waals surface area contributed by atoms with E-state index in [2.05, 4.69) is 6.92 Å². The van der Waals surface area contributed by atoms with Crippen molar-refractivity contribution >= 4 is 5.97 Å². The van der Waals surface area contributed by atoms with E-state index in [-0.39, 0.29) is 12.1 Å². The minimum Gasteiger partial charge on any atom is -0.462 e. The fourth-order valence-electron chi connectivity index (χ4n) is 3.63. The van der Waals surface area contributed by atoms with Gasteiger partial charge in [-0.1, -0.05) is 58.3 Å². The molecule has 0 saturated heterocycles. The Hall–Kier alpha value is -0.650. The standard InChI is InChI=1S/C24H46O5/c1-2-3-4-5-6-7-8-12-17-26-19-21-28-22-20-27-18-13-16-24(25)29-23-14-10-9-11-15-23/h23H,2-22H2,1H3. The second-order valence-corrected chi connectivity index (χ2v) is 8.17. The molecule has 5 heteroatoms. The number of esters is 1. The van der Waals surface area contributed by atoms with Crippen LogP contribution in [0.5, 0.6) is 0 Å². The van der Waals surface area contributed by atoms with Gasteiger partial charge in [0.25, 0.3) is 0 Å². The maximum absolute atomic E-state index is 11.8. The lowest BCUT2D eigenvalue weighted by Gasteiger charge is -2.21. The third-order valence-corrected chi connectivity index (χ3v) is 5.41. The molecule has 0 bridgehead atoms. The maximum Gasteiger partial charge on any atom is 0.306 e. The maximum atomic E-state index is 11.8. The fraction of sp³-hybridized carbons (Fsp3) is 0.958. The number of hydrogen-bond donors (Lipinski definition) is 0. The number of carbonyl (C=O) groups excluding carboxylic acids is 1. The summed E-state index contributed by atoms with van der Waals surface area (Å²) in [7, 11) is 0. The molecule has 0 atom stereocenters. The lowest BCUT2D eigenvalue weighted by Crippen LogP contribution is -2.21. The van der Waals surface area contributed by atoms with E-state index in [0.29, 0.717) is 45.9 Å². The van der Waals surface area contributed by atoms with Crippen LogP contribution in [0.2, 0.25) is 0 Å². The van der Waals surface area contributed by atoms with Crippen LogP contribution in [0.25, 0.3) is 0 Å². The molecule has 1 rings (SSSR count). The van der Waals surface area contributed by atoms with Crippen molar-refractivity contribution in [1.82, 2.24) is 0 Å². The van der Waals surface area contributed by atoms with Crippen molar-refractivity contribution in [1.29, 1.82) is 0 Å². The van der Waals surface area contributed by atoms with E-state index < -0.39 is 0 Å². The highest BCUT2D eigenvalue weighted by atomic mass is 16.5. The second kappa shape index (κ2) is 20.6. The average molecular weight is 415 g/mol. The Morgan fingerprint density at radius 3 is 1.79 bits per heavy atom. The summed E-state index contributed by atoms with van der Waals surface area (Å²) >= 11 is 0. The van der Waals surface area contributed by atoms with Crippen LogP contribution in [-0.2, 0) is 23.7 Å². The van der Waals surface area contributed by atoms with Crippen molar-refractivity contribution in [3.8, 4) is 0 Å². The van der Waals surface area contributed by atoms with Crippen molar-refractivity contribution in [3.63, 3.8) is 0 Å². The third kappa shape index (κ3) is 17.9. The molecule has 0 radical (unpaired) electrons. The first-order chi connectivity index (χ1) is 14.3. The summed E-state index contributed by atoms with van der Waals surface area (Å²) in [5.74, 6) is -0.0783. The van der Waals surface area contributed by atoms with Gasteiger partial charge in [0.1, 0.15) is 6.10 Å². The van der Waals surface area contributed by atoms with Crippen molar-refractivity contribution in [2.24, 2.45) is 0 Å². The van der Waals surface area contributed by atoms with Gasteiger partial charge in [0.2, 0.25) is 0 Å². The van der Waals surface area contributed by atoms with Crippen molar-refractivity contribution in [3.05, 3.63) is 0 Å². The Morgan fingerprint density at radius 2 is 1.17 bits per heavy atom. The molecular formula is C24H46O5. The molecule has 1 aliphatic rings. The van der Waals surface area contributed by atoms with Crippen LogP contribution < -0.4 is 0 Å². The molecule has 0 unspecified atom stereocenters. The van der Waals surface area contributed by atoms with Crippen molar-refractivity contribution in [2.45, 2.75) is 109 Å². The summed E-state index contributed by atoms with van der Waals surface area (Å²) in [6, 6.07) is 0. The molecule has 5 nitrogen and oxygen atoms in total. The summed E-state index contributed by atoms with van der Waals surface area (Å²) in [5.41, 5.74) is 0. The van der Waals surface area contributed by atoms with E-state index in [4.69, 9.17) is 18.9 Å². The molecule has 0 aromatic rings. The molecule has 0 aromatic heterocycles. The molecule has 0 aliphatic heterocycles. The van der Waals surface area contributed by atoms with Crippen molar-refractivity contribution < 1.29 is 23.7 Å². The highest BCUT2D eigenvalue weighted by Gasteiger charge is 2.17. The van der Waals surface area contributed by atoms with Gasteiger partial charge in [0.15, 0.2) is 0 Å². The van der Waals surface area contributed by atoms with Crippen LogP contribution in [0.3, 0.4) is 0 Å². The Bertz CT molecular complexity index is 355. The van der Waals surface area contributed by atoms with Gasteiger partial charge in [-0.2, -0.15) is 0 Å². The van der Waals surface area contributed by atoms with E-state index in [1.807, 2.05) is 0 Å². The van der Waals surface area contributed by atoms with E-state index in [9.17, 15) is 4.79 Å². The zero-order chi connectivity index (χ0) is 20.8. The SMILES string of the molecule is CCCCCCCCCCOCCOCCOCCCC(=O)OC1CCCCC1. The first-order valence-corrected chi connectivity index (χ1v) is 12.3. The van der Waals surface area contributed by atoms with Gasteiger partial charge in [-0.15, -0.1) is 0 Å². The Labute approximate surface area is 179 Å². The average Bonchev–Trinajstić information content (AvgIpc) is 2.73. The number of hydrogen-bond acceptors (Lipinski definition) is 5. The van der Waals surface area contributed by atoms with Crippen LogP contribution >= 0.6 is 0 Å². The molecule has 0 heterocycles. The summed E-state index contributed by atoms with van der Waals surface area (Å²) in [5, 5.41) is 0. The Balaban J connectivity index is 1.70. The Kier molecular flexibility index (Phi) is 18.8. The largest absolute Gasteiger partial charge is 0.462 e. The van der Waals surface area contributed by atoms with E-state index in [1.165, 1.54) is 64.2 Å². The van der Waals surface area contributed by atoms with E-state index in [0.717, 1.165) is 25.9 Å². The smallest absolute Gasteiger partial charge is 0.306 e. The van der Waals surface area contributed by atoms with E-state index in [1.54, 1.807) is 0 Å². The van der Waals surface area contributed by atoms with Gasteiger partial charge in [-0.3, -0.25) is 4.79 Å². The van der Waals surface area contributed by atoms with Gasteiger partial charge < -0.3 is 18.9 Å². The van der Waals surface area contributed by atoms with Crippen LogP contribution in [-0.4, -0.2) is 51.7 Å². The molecule has 29 heavy (non-hydrogen) atoms. The predicted molar refractivity (Wildman–Crippen MR) is 117 cm³/mol. The minimum atomic E-state index is -0.0783. The van der Waals surface area contributed by atoms with Crippen LogP contribution in [0, 0.1) is 0 Å². The zero-order valence-corrected chi connectivity index (χ0v) is 19.0. The highest BCUT2D eigenvalue weighted by Crippen LogP contribution is 2.20. The first-order valence-electron chi connectivity index (χ1n) is 12.3. The molecule has 1 aliphatic carbocycles. The predicted octanol–water partition coefficient (Wildman–Crippen LogP) is 5.83. The third-order valence-electron chi connectivity index (χ3n) is 5.41. The summed E-state index contributed by atoms with van der Waals surface area (Å²) in [4.78, 5) is 11.8. The van der Waals surface area contributed by atoms with Gasteiger partial charge in [0.05, 0.1) is 26.4 Å². The monoisotopic (exact) mass is 414 g/mol. The first kappa shape index (κ1) is 26.4. The van der Waals surface area contributed by atoms with Gasteiger partial charge in [-0.25, -0.2) is 0 Å². The molecule has 0 N–H and O–H groups in total. The quantitative estimate of drug-likeness (QED) is 0.185. The summed E-state index contributed by atoms with van der Waals surface area (Å²) < 4.78 is 22.1. The molecule has 172 valence electrons. The van der Waals surface area contributed by atoms with E-state index >= 15 is 0 Å². The van der Waals surface area contributed by atoms with Crippen LogP contribution in [0.1, 0.15) is 103 Å². The number of rotatable bonds is 20. The Morgan fingerprint density at radius 1 is 0.655 bits per heavy atom. The number of ether oxygens (including phenoxy) is 4. The summed E-state index contributed by atoms with van der Waals surface area (Å²) in [6.07, 6.45) is 17.6. The van der Waals surface area contributed by atoms with Crippen LogP contribution in [0.15, 0.2) is 0 Å². The molecule has 0 aromatic carbocycles. The van der Waals surface area contributed by atoms with Gasteiger partial charge in [-0.05, 0) is 38.5 Å². The lowest BCUT2D eigenvalue weighted by molar-refractivity contribution is -0.150. The lowest BCUT2D eigenvalue weighted by atomic mass is 9.98. The second-order valence-electron chi connectivity index (χ2n) is 8.17. The summed E-state index contributed by atoms with van der Waals surface area (Å²) in [6.45, 7) is 6.10.